The molecule has 0 saturated carbocycles. The van der Waals surface area contributed by atoms with Crippen molar-refractivity contribution in [3.63, 3.8) is 0 Å². The van der Waals surface area contributed by atoms with E-state index in [9.17, 15) is 0 Å². The highest BCUT2D eigenvalue weighted by molar-refractivity contribution is 5.03. The molecule has 0 aliphatic carbocycles. The normalized spacial score (nSPS) is 29.5. The Morgan fingerprint density at radius 1 is 1.59 bits per heavy atom. The molecule has 2 rings (SSSR count). The third-order valence-electron chi connectivity index (χ3n) is 3.59. The van der Waals surface area contributed by atoms with Gasteiger partial charge in [-0.2, -0.15) is 0 Å². The van der Waals surface area contributed by atoms with E-state index >= 15 is 0 Å². The van der Waals surface area contributed by atoms with Crippen molar-refractivity contribution in [2.24, 2.45) is 0 Å². The lowest BCUT2D eigenvalue weighted by Crippen LogP contribution is -2.44. The Hall–Kier alpha value is -0.870. The van der Waals surface area contributed by atoms with Crippen molar-refractivity contribution in [2.75, 3.05) is 6.61 Å². The van der Waals surface area contributed by atoms with Crippen LogP contribution in [0.3, 0.4) is 0 Å². The van der Waals surface area contributed by atoms with Gasteiger partial charge in [0.05, 0.1) is 11.3 Å². The maximum absolute atomic E-state index is 5.83. The standard InChI is InChI=1S/C13H22N2O2/c1-4-13(3)8-11(5-6-16-13)14-9-12-7-10(2)17-15-12/h7,11,14H,4-6,8-9H2,1-3H3. The monoisotopic (exact) mass is 238 g/mol. The summed E-state index contributed by atoms with van der Waals surface area (Å²) < 4.78 is 10.9. The van der Waals surface area contributed by atoms with Crippen LogP contribution in [0.4, 0.5) is 0 Å². The van der Waals surface area contributed by atoms with Gasteiger partial charge in [-0.05, 0) is 33.1 Å². The van der Waals surface area contributed by atoms with Crippen molar-refractivity contribution < 1.29 is 9.26 Å². The van der Waals surface area contributed by atoms with Crippen LogP contribution in [0, 0.1) is 6.92 Å². The maximum atomic E-state index is 5.83. The molecular weight excluding hydrogens is 216 g/mol. The molecule has 0 spiro atoms. The van der Waals surface area contributed by atoms with Gasteiger partial charge in [-0.1, -0.05) is 12.1 Å². The Kier molecular flexibility index (Phi) is 3.84. The average molecular weight is 238 g/mol. The zero-order valence-corrected chi connectivity index (χ0v) is 11.0. The quantitative estimate of drug-likeness (QED) is 0.875. The summed E-state index contributed by atoms with van der Waals surface area (Å²) in [6.45, 7) is 7.92. The molecule has 2 heterocycles. The van der Waals surface area contributed by atoms with Crippen LogP contribution in [0.2, 0.25) is 0 Å². The van der Waals surface area contributed by atoms with Gasteiger partial charge in [0.25, 0.3) is 0 Å². The fourth-order valence-electron chi connectivity index (χ4n) is 2.30. The van der Waals surface area contributed by atoms with Crippen molar-refractivity contribution in [1.29, 1.82) is 0 Å². The minimum Gasteiger partial charge on any atom is -0.375 e. The molecule has 1 fully saturated rings. The lowest BCUT2D eigenvalue weighted by atomic mass is 9.90. The molecule has 1 aliphatic heterocycles. The average Bonchev–Trinajstić information content (AvgIpc) is 2.73. The summed E-state index contributed by atoms with van der Waals surface area (Å²) in [7, 11) is 0. The number of rotatable bonds is 4. The summed E-state index contributed by atoms with van der Waals surface area (Å²) in [5.41, 5.74) is 1.02. The first-order valence-corrected chi connectivity index (χ1v) is 6.41. The highest BCUT2D eigenvalue weighted by atomic mass is 16.5. The van der Waals surface area contributed by atoms with E-state index in [-0.39, 0.29) is 5.60 Å². The van der Waals surface area contributed by atoms with Gasteiger partial charge in [0.2, 0.25) is 0 Å². The van der Waals surface area contributed by atoms with Gasteiger partial charge < -0.3 is 14.6 Å². The number of nitrogens with one attached hydrogen (secondary N) is 1. The molecule has 1 saturated heterocycles. The van der Waals surface area contributed by atoms with E-state index in [1.165, 1.54) is 0 Å². The molecule has 1 aromatic heterocycles. The smallest absolute Gasteiger partial charge is 0.133 e. The van der Waals surface area contributed by atoms with Crippen LogP contribution in [0.25, 0.3) is 0 Å². The maximum Gasteiger partial charge on any atom is 0.133 e. The zero-order chi connectivity index (χ0) is 12.3. The Labute approximate surface area is 103 Å². The first-order valence-electron chi connectivity index (χ1n) is 6.41. The van der Waals surface area contributed by atoms with E-state index in [4.69, 9.17) is 9.26 Å². The van der Waals surface area contributed by atoms with Crippen molar-refractivity contribution >= 4 is 0 Å². The highest BCUT2D eigenvalue weighted by Gasteiger charge is 2.31. The summed E-state index contributed by atoms with van der Waals surface area (Å²) in [5.74, 6) is 0.868. The topological polar surface area (TPSA) is 47.3 Å². The molecule has 0 bridgehead atoms. The number of ether oxygens (including phenoxy) is 1. The van der Waals surface area contributed by atoms with E-state index in [1.807, 2.05) is 13.0 Å². The third-order valence-corrected chi connectivity index (χ3v) is 3.59. The van der Waals surface area contributed by atoms with Crippen LogP contribution in [-0.2, 0) is 11.3 Å². The van der Waals surface area contributed by atoms with Crippen molar-refractivity contribution in [3.05, 3.63) is 17.5 Å². The third kappa shape index (κ3) is 3.30. The fraction of sp³-hybridized carbons (Fsp3) is 0.769. The Morgan fingerprint density at radius 2 is 2.41 bits per heavy atom. The number of hydrogen-bond donors (Lipinski definition) is 1. The van der Waals surface area contributed by atoms with Gasteiger partial charge in [0, 0.05) is 25.3 Å². The molecule has 1 aromatic rings. The molecule has 4 nitrogen and oxygen atoms in total. The summed E-state index contributed by atoms with van der Waals surface area (Å²) in [6.07, 6.45) is 3.21. The van der Waals surface area contributed by atoms with Gasteiger partial charge in [0.1, 0.15) is 5.76 Å². The van der Waals surface area contributed by atoms with Crippen LogP contribution >= 0.6 is 0 Å². The predicted molar refractivity (Wildman–Crippen MR) is 65.7 cm³/mol. The van der Waals surface area contributed by atoms with Gasteiger partial charge >= 0.3 is 0 Å². The largest absolute Gasteiger partial charge is 0.375 e. The van der Waals surface area contributed by atoms with Crippen LogP contribution in [-0.4, -0.2) is 23.4 Å². The fourth-order valence-corrected chi connectivity index (χ4v) is 2.30. The van der Waals surface area contributed by atoms with Crippen molar-refractivity contribution in [2.45, 2.75) is 58.2 Å². The number of aryl methyl sites for hydroxylation is 1. The van der Waals surface area contributed by atoms with Crippen molar-refractivity contribution in [1.82, 2.24) is 10.5 Å². The molecule has 2 unspecified atom stereocenters. The lowest BCUT2D eigenvalue weighted by Gasteiger charge is -2.38. The summed E-state index contributed by atoms with van der Waals surface area (Å²) in [4.78, 5) is 0. The molecule has 4 heteroatoms. The second-order valence-electron chi connectivity index (χ2n) is 5.15. The molecule has 0 aromatic carbocycles. The van der Waals surface area contributed by atoms with E-state index in [2.05, 4.69) is 24.3 Å². The Bertz CT molecular complexity index is 364. The van der Waals surface area contributed by atoms with E-state index in [1.54, 1.807) is 0 Å². The van der Waals surface area contributed by atoms with E-state index < -0.39 is 0 Å². The highest BCUT2D eigenvalue weighted by Crippen LogP contribution is 2.27. The van der Waals surface area contributed by atoms with Crippen LogP contribution in [0.1, 0.15) is 44.6 Å². The second-order valence-corrected chi connectivity index (χ2v) is 5.15. The van der Waals surface area contributed by atoms with Gasteiger partial charge in [-0.25, -0.2) is 0 Å². The molecule has 96 valence electrons. The molecular formula is C13H22N2O2. The van der Waals surface area contributed by atoms with Gasteiger partial charge in [-0.15, -0.1) is 0 Å². The SMILES string of the molecule is CCC1(C)CC(NCc2cc(C)on2)CCO1. The van der Waals surface area contributed by atoms with Crippen molar-refractivity contribution in [3.8, 4) is 0 Å². The predicted octanol–water partition coefficient (Wildman–Crippen LogP) is 2.42. The first kappa shape index (κ1) is 12.6. The molecule has 17 heavy (non-hydrogen) atoms. The second kappa shape index (κ2) is 5.19. The number of aromatic nitrogens is 1. The van der Waals surface area contributed by atoms with Gasteiger partial charge in [-0.3, -0.25) is 0 Å². The number of hydrogen-bond acceptors (Lipinski definition) is 4. The summed E-state index contributed by atoms with van der Waals surface area (Å²) >= 11 is 0. The van der Waals surface area contributed by atoms with E-state index in [0.717, 1.165) is 43.9 Å². The summed E-state index contributed by atoms with van der Waals surface area (Å²) in [5, 5.41) is 7.53. The number of nitrogens with zero attached hydrogens (tertiary/aromatic N) is 1. The van der Waals surface area contributed by atoms with Gasteiger partial charge in [0.15, 0.2) is 0 Å². The zero-order valence-electron chi connectivity index (χ0n) is 11.0. The van der Waals surface area contributed by atoms with Crippen LogP contribution in [0.5, 0.6) is 0 Å². The Morgan fingerprint density at radius 3 is 3.06 bits per heavy atom. The lowest BCUT2D eigenvalue weighted by molar-refractivity contribution is -0.0781. The van der Waals surface area contributed by atoms with Crippen LogP contribution in [0.15, 0.2) is 10.6 Å². The van der Waals surface area contributed by atoms with Crippen LogP contribution < -0.4 is 5.32 Å². The minimum atomic E-state index is 0.0374. The minimum absolute atomic E-state index is 0.0374. The molecule has 2 atom stereocenters. The van der Waals surface area contributed by atoms with E-state index in [0.29, 0.717) is 6.04 Å². The molecule has 0 amide bonds. The molecule has 1 N–H and O–H groups in total. The molecule has 1 aliphatic rings. The Balaban J connectivity index is 1.83. The first-order chi connectivity index (χ1) is 8.11. The molecule has 0 radical (unpaired) electrons. The summed E-state index contributed by atoms with van der Waals surface area (Å²) in [6, 6.07) is 2.50.